The first-order chi connectivity index (χ1) is 10.1. The van der Waals surface area contributed by atoms with Gasteiger partial charge in [-0.05, 0) is 38.4 Å². The van der Waals surface area contributed by atoms with Gasteiger partial charge in [-0.25, -0.2) is 0 Å². The minimum absolute atomic E-state index is 0.272. The quantitative estimate of drug-likeness (QED) is 0.616. The normalized spacial score (nSPS) is 12.8. The molecule has 0 spiro atoms. The summed E-state index contributed by atoms with van der Waals surface area (Å²) in [5, 5.41) is 13.7. The maximum Gasteiger partial charge on any atom is 0.0897 e. The van der Waals surface area contributed by atoms with Crippen molar-refractivity contribution >= 4 is 11.6 Å². The lowest BCUT2D eigenvalue weighted by Gasteiger charge is -2.13. The molecule has 0 aliphatic carbocycles. The van der Waals surface area contributed by atoms with E-state index in [9.17, 15) is 5.11 Å². The van der Waals surface area contributed by atoms with Crippen LogP contribution in [0.15, 0.2) is 24.3 Å². The van der Waals surface area contributed by atoms with Crippen molar-refractivity contribution in [2.24, 2.45) is 0 Å². The highest BCUT2D eigenvalue weighted by Gasteiger charge is 2.05. The van der Waals surface area contributed by atoms with Crippen LogP contribution in [0, 0.1) is 0 Å². The van der Waals surface area contributed by atoms with Crippen LogP contribution in [-0.2, 0) is 16.1 Å². The van der Waals surface area contributed by atoms with Gasteiger partial charge in [-0.3, -0.25) is 0 Å². The van der Waals surface area contributed by atoms with Crippen molar-refractivity contribution in [3.05, 3.63) is 34.9 Å². The van der Waals surface area contributed by atoms with Gasteiger partial charge in [0.15, 0.2) is 0 Å². The van der Waals surface area contributed by atoms with Gasteiger partial charge >= 0.3 is 0 Å². The Morgan fingerprint density at radius 2 is 2.05 bits per heavy atom. The highest BCUT2D eigenvalue weighted by Crippen LogP contribution is 2.15. The molecule has 1 rings (SSSR count). The van der Waals surface area contributed by atoms with Crippen molar-refractivity contribution < 1.29 is 14.6 Å². The van der Waals surface area contributed by atoms with Crippen molar-refractivity contribution in [1.82, 2.24) is 5.32 Å². The fourth-order valence-electron chi connectivity index (χ4n) is 1.76. The third-order valence-corrected chi connectivity index (χ3v) is 3.22. The van der Waals surface area contributed by atoms with E-state index < -0.39 is 6.10 Å². The Labute approximate surface area is 132 Å². The molecule has 0 saturated heterocycles. The van der Waals surface area contributed by atoms with E-state index in [0.717, 1.165) is 25.1 Å². The Balaban J connectivity index is 2.01. The van der Waals surface area contributed by atoms with Crippen molar-refractivity contribution in [1.29, 1.82) is 0 Å². The van der Waals surface area contributed by atoms with Crippen LogP contribution in [0.3, 0.4) is 0 Å². The SMILES string of the molecule is CC(C)OCCCNC[C@H](O)COCc1ccccc1Cl. The smallest absolute Gasteiger partial charge is 0.0897 e. The van der Waals surface area contributed by atoms with Gasteiger partial charge in [-0.2, -0.15) is 0 Å². The van der Waals surface area contributed by atoms with Crippen molar-refractivity contribution in [3.63, 3.8) is 0 Å². The largest absolute Gasteiger partial charge is 0.389 e. The first-order valence-electron chi connectivity index (χ1n) is 7.41. The topological polar surface area (TPSA) is 50.7 Å². The summed E-state index contributed by atoms with van der Waals surface area (Å²) in [5.41, 5.74) is 0.935. The zero-order valence-electron chi connectivity index (χ0n) is 12.8. The van der Waals surface area contributed by atoms with Gasteiger partial charge in [0.1, 0.15) is 0 Å². The molecule has 0 aliphatic heterocycles. The molecule has 1 atom stereocenters. The average molecular weight is 316 g/mol. The number of hydrogen-bond donors (Lipinski definition) is 2. The summed E-state index contributed by atoms with van der Waals surface area (Å²) in [7, 11) is 0. The molecule has 4 nitrogen and oxygen atoms in total. The zero-order valence-corrected chi connectivity index (χ0v) is 13.6. The Morgan fingerprint density at radius 1 is 1.29 bits per heavy atom. The van der Waals surface area contributed by atoms with Gasteiger partial charge in [-0.1, -0.05) is 29.8 Å². The van der Waals surface area contributed by atoms with Crippen LogP contribution in [0.5, 0.6) is 0 Å². The molecule has 1 aromatic rings. The molecule has 0 fully saturated rings. The van der Waals surface area contributed by atoms with Crippen LogP contribution >= 0.6 is 11.6 Å². The van der Waals surface area contributed by atoms with E-state index in [-0.39, 0.29) is 6.10 Å². The Morgan fingerprint density at radius 3 is 2.76 bits per heavy atom. The lowest BCUT2D eigenvalue weighted by molar-refractivity contribution is 0.0282. The van der Waals surface area contributed by atoms with Crippen molar-refractivity contribution in [2.75, 3.05) is 26.3 Å². The van der Waals surface area contributed by atoms with Gasteiger partial charge in [0.05, 0.1) is 25.4 Å². The van der Waals surface area contributed by atoms with E-state index in [0.29, 0.717) is 24.8 Å². The minimum atomic E-state index is -0.515. The van der Waals surface area contributed by atoms with E-state index in [1.807, 2.05) is 38.1 Å². The first-order valence-corrected chi connectivity index (χ1v) is 7.79. The van der Waals surface area contributed by atoms with E-state index in [4.69, 9.17) is 21.1 Å². The molecule has 0 radical (unpaired) electrons. The molecule has 0 saturated carbocycles. The standard InChI is InChI=1S/C16H26ClNO3/c1-13(2)21-9-5-8-18-10-15(19)12-20-11-14-6-3-4-7-16(14)17/h3-4,6-7,13,15,18-19H,5,8-12H2,1-2H3/t15-/m0/s1. The predicted octanol–water partition coefficient (Wildman–Crippen LogP) is 2.62. The highest BCUT2D eigenvalue weighted by molar-refractivity contribution is 6.31. The fraction of sp³-hybridized carbons (Fsp3) is 0.625. The van der Waals surface area contributed by atoms with E-state index >= 15 is 0 Å². The number of aliphatic hydroxyl groups is 1. The highest BCUT2D eigenvalue weighted by atomic mass is 35.5. The zero-order chi connectivity index (χ0) is 15.5. The number of nitrogens with one attached hydrogen (secondary N) is 1. The van der Waals surface area contributed by atoms with E-state index in [1.165, 1.54) is 0 Å². The van der Waals surface area contributed by atoms with Crippen LogP contribution in [0.4, 0.5) is 0 Å². The van der Waals surface area contributed by atoms with Crippen LogP contribution < -0.4 is 5.32 Å². The second kappa shape index (κ2) is 11.0. The van der Waals surface area contributed by atoms with E-state index in [1.54, 1.807) is 0 Å². The number of aliphatic hydroxyl groups excluding tert-OH is 1. The Hall–Kier alpha value is -0.650. The van der Waals surface area contributed by atoms with Gasteiger partial charge in [0.2, 0.25) is 0 Å². The Kier molecular flexibility index (Phi) is 9.63. The fourth-order valence-corrected chi connectivity index (χ4v) is 1.95. The molecule has 1 aromatic carbocycles. The molecule has 120 valence electrons. The van der Waals surface area contributed by atoms with Crippen LogP contribution in [0.25, 0.3) is 0 Å². The molecular formula is C16H26ClNO3. The molecule has 2 N–H and O–H groups in total. The van der Waals surface area contributed by atoms with Gasteiger partial charge in [0, 0.05) is 18.2 Å². The third kappa shape index (κ3) is 9.06. The summed E-state index contributed by atoms with van der Waals surface area (Å²) in [4.78, 5) is 0. The molecule has 0 aromatic heterocycles. The van der Waals surface area contributed by atoms with E-state index in [2.05, 4.69) is 5.32 Å². The average Bonchev–Trinajstić information content (AvgIpc) is 2.44. The molecule has 0 unspecified atom stereocenters. The molecular weight excluding hydrogens is 290 g/mol. The second-order valence-electron chi connectivity index (χ2n) is 5.24. The lowest BCUT2D eigenvalue weighted by atomic mass is 10.2. The molecule has 0 aliphatic rings. The predicted molar refractivity (Wildman–Crippen MR) is 85.7 cm³/mol. The summed E-state index contributed by atoms with van der Waals surface area (Å²) in [6.45, 7) is 6.84. The molecule has 0 bridgehead atoms. The van der Waals surface area contributed by atoms with Crippen LogP contribution in [0.2, 0.25) is 5.02 Å². The number of benzene rings is 1. The summed E-state index contributed by atoms with van der Waals surface area (Å²) in [6.07, 6.45) is 0.693. The van der Waals surface area contributed by atoms with Crippen LogP contribution in [0.1, 0.15) is 25.8 Å². The number of rotatable bonds is 11. The molecule has 21 heavy (non-hydrogen) atoms. The number of halogens is 1. The summed E-state index contributed by atoms with van der Waals surface area (Å²) < 4.78 is 10.9. The Bertz CT molecular complexity index is 388. The van der Waals surface area contributed by atoms with Crippen molar-refractivity contribution in [2.45, 2.75) is 39.1 Å². The molecule has 0 amide bonds. The lowest BCUT2D eigenvalue weighted by Crippen LogP contribution is -2.31. The summed E-state index contributed by atoms with van der Waals surface area (Å²) >= 11 is 6.03. The molecule has 5 heteroatoms. The number of ether oxygens (including phenoxy) is 2. The number of hydrogen-bond acceptors (Lipinski definition) is 4. The van der Waals surface area contributed by atoms with Gasteiger partial charge in [0.25, 0.3) is 0 Å². The second-order valence-corrected chi connectivity index (χ2v) is 5.64. The maximum atomic E-state index is 9.79. The first kappa shape index (κ1) is 18.4. The van der Waals surface area contributed by atoms with Crippen molar-refractivity contribution in [3.8, 4) is 0 Å². The summed E-state index contributed by atoms with van der Waals surface area (Å²) in [5.74, 6) is 0. The van der Waals surface area contributed by atoms with Gasteiger partial charge < -0.3 is 19.9 Å². The molecule has 0 heterocycles. The van der Waals surface area contributed by atoms with Crippen LogP contribution in [-0.4, -0.2) is 43.6 Å². The summed E-state index contributed by atoms with van der Waals surface area (Å²) in [6, 6.07) is 7.55. The monoisotopic (exact) mass is 315 g/mol. The minimum Gasteiger partial charge on any atom is -0.389 e. The maximum absolute atomic E-state index is 9.79. The van der Waals surface area contributed by atoms with Gasteiger partial charge in [-0.15, -0.1) is 0 Å². The third-order valence-electron chi connectivity index (χ3n) is 2.85.